The van der Waals surface area contributed by atoms with Crippen molar-refractivity contribution in [3.63, 3.8) is 0 Å². The molecule has 0 amide bonds. The Hall–Kier alpha value is -1.98. The zero-order valence-corrected chi connectivity index (χ0v) is 9.67. The monoisotopic (exact) mass is 248 g/mol. The third-order valence-corrected chi connectivity index (χ3v) is 3.60. The van der Waals surface area contributed by atoms with E-state index in [2.05, 4.69) is 0 Å². The van der Waals surface area contributed by atoms with Crippen LogP contribution in [0.1, 0.15) is 48.6 Å². The number of nitrogens with zero attached hydrogens (tertiary/aromatic N) is 2. The van der Waals surface area contributed by atoms with Crippen LogP contribution in [0.5, 0.6) is 0 Å². The molecule has 0 aliphatic heterocycles. The third kappa shape index (κ3) is 1.83. The van der Waals surface area contributed by atoms with Crippen molar-refractivity contribution in [3.8, 4) is 0 Å². The highest BCUT2D eigenvalue weighted by atomic mass is 16.6. The van der Waals surface area contributed by atoms with Crippen molar-refractivity contribution in [1.82, 2.24) is 0 Å². The Balaban J connectivity index is 2.16. The summed E-state index contributed by atoms with van der Waals surface area (Å²) in [5, 5.41) is 22.1. The normalized spacial score (nSPS) is 18.7. The van der Waals surface area contributed by atoms with Crippen LogP contribution < -0.4 is 0 Å². The van der Waals surface area contributed by atoms with Gasteiger partial charge in [0.25, 0.3) is 11.4 Å². The van der Waals surface area contributed by atoms with Crippen molar-refractivity contribution < 1.29 is 9.85 Å². The number of nitro groups is 2. The quantitative estimate of drug-likeness (QED) is 0.604. The summed E-state index contributed by atoms with van der Waals surface area (Å²) < 4.78 is 0. The molecule has 2 saturated carbocycles. The van der Waals surface area contributed by atoms with Crippen LogP contribution in [0.25, 0.3) is 0 Å². The molecule has 0 atom stereocenters. The molecule has 3 rings (SSSR count). The van der Waals surface area contributed by atoms with E-state index in [1.54, 1.807) is 0 Å². The van der Waals surface area contributed by atoms with Crippen LogP contribution in [-0.2, 0) is 0 Å². The molecule has 0 saturated heterocycles. The van der Waals surface area contributed by atoms with Crippen LogP contribution in [0.15, 0.2) is 12.1 Å². The molecule has 1 aromatic rings. The number of benzene rings is 1. The van der Waals surface area contributed by atoms with Crippen LogP contribution in [0.3, 0.4) is 0 Å². The van der Waals surface area contributed by atoms with Crippen molar-refractivity contribution in [2.45, 2.75) is 37.5 Å². The van der Waals surface area contributed by atoms with Crippen LogP contribution >= 0.6 is 0 Å². The van der Waals surface area contributed by atoms with Gasteiger partial charge in [-0.2, -0.15) is 0 Å². The summed E-state index contributed by atoms with van der Waals surface area (Å²) in [5.41, 5.74) is 1.20. The van der Waals surface area contributed by atoms with E-state index in [9.17, 15) is 20.2 Å². The van der Waals surface area contributed by atoms with Gasteiger partial charge >= 0.3 is 0 Å². The number of rotatable bonds is 4. The average molecular weight is 248 g/mol. The molecule has 2 aliphatic rings. The molecule has 0 heterocycles. The Bertz CT molecular complexity index is 498. The van der Waals surface area contributed by atoms with Crippen molar-refractivity contribution in [2.75, 3.05) is 0 Å². The topological polar surface area (TPSA) is 86.3 Å². The van der Waals surface area contributed by atoms with E-state index in [1.165, 1.54) is 12.1 Å². The first-order chi connectivity index (χ1) is 8.58. The largest absolute Gasteiger partial charge is 0.273 e. The third-order valence-electron chi connectivity index (χ3n) is 3.60. The van der Waals surface area contributed by atoms with E-state index >= 15 is 0 Å². The van der Waals surface area contributed by atoms with Gasteiger partial charge in [0, 0.05) is 23.3 Å². The fraction of sp³-hybridized carbons (Fsp3) is 0.500. The Kier molecular flexibility index (Phi) is 2.33. The Morgan fingerprint density at radius 2 is 1.17 bits per heavy atom. The molecule has 6 heteroatoms. The van der Waals surface area contributed by atoms with E-state index in [1.807, 2.05) is 0 Å². The summed E-state index contributed by atoms with van der Waals surface area (Å²) in [6.45, 7) is 0. The van der Waals surface area contributed by atoms with Gasteiger partial charge in [-0.25, -0.2) is 0 Å². The second kappa shape index (κ2) is 3.76. The zero-order chi connectivity index (χ0) is 12.9. The summed E-state index contributed by atoms with van der Waals surface area (Å²) in [7, 11) is 0. The van der Waals surface area contributed by atoms with Crippen LogP contribution in [0.2, 0.25) is 0 Å². The maximum atomic E-state index is 11.1. The molecule has 18 heavy (non-hydrogen) atoms. The standard InChI is InChI=1S/C12H12N2O4/c15-13(16)11-6-10(8-3-4-8)12(14(17)18)5-9(11)7-1-2-7/h5-8H,1-4H2. The number of nitro benzene ring substituents is 2. The number of hydrogen-bond acceptors (Lipinski definition) is 4. The van der Waals surface area contributed by atoms with E-state index in [4.69, 9.17) is 0 Å². The molecule has 2 fully saturated rings. The zero-order valence-electron chi connectivity index (χ0n) is 9.67. The van der Waals surface area contributed by atoms with E-state index < -0.39 is 9.85 Å². The van der Waals surface area contributed by atoms with Crippen molar-refractivity contribution in [1.29, 1.82) is 0 Å². The van der Waals surface area contributed by atoms with Gasteiger partial charge in [-0.1, -0.05) is 0 Å². The molecule has 0 aromatic heterocycles. The molecule has 94 valence electrons. The lowest BCUT2D eigenvalue weighted by molar-refractivity contribution is -0.390. The molecular weight excluding hydrogens is 236 g/mol. The lowest BCUT2D eigenvalue weighted by Crippen LogP contribution is -2.01. The fourth-order valence-electron chi connectivity index (χ4n) is 2.37. The van der Waals surface area contributed by atoms with Crippen LogP contribution in [0.4, 0.5) is 11.4 Å². The second-order valence-corrected chi connectivity index (χ2v) is 5.03. The lowest BCUT2D eigenvalue weighted by atomic mass is 10.0. The smallest absolute Gasteiger partial charge is 0.258 e. The van der Waals surface area contributed by atoms with E-state index in [0.29, 0.717) is 11.1 Å². The van der Waals surface area contributed by atoms with Crippen molar-refractivity contribution >= 4 is 11.4 Å². The van der Waals surface area contributed by atoms with Gasteiger partial charge in [-0.05, 0) is 37.5 Å². The van der Waals surface area contributed by atoms with Crippen LogP contribution in [0, 0.1) is 20.2 Å². The summed E-state index contributed by atoms with van der Waals surface area (Å²) in [6.07, 6.45) is 3.56. The minimum Gasteiger partial charge on any atom is -0.258 e. The summed E-state index contributed by atoms with van der Waals surface area (Å²) in [6, 6.07) is 2.87. The van der Waals surface area contributed by atoms with Gasteiger partial charge in [0.05, 0.1) is 9.85 Å². The predicted molar refractivity (Wildman–Crippen MR) is 63.7 cm³/mol. The molecule has 0 N–H and O–H groups in total. The van der Waals surface area contributed by atoms with Gasteiger partial charge in [0.2, 0.25) is 0 Å². The van der Waals surface area contributed by atoms with Crippen molar-refractivity contribution in [3.05, 3.63) is 43.5 Å². The minimum atomic E-state index is -0.413. The molecule has 0 unspecified atom stereocenters. The maximum Gasteiger partial charge on any atom is 0.273 e. The highest BCUT2D eigenvalue weighted by Gasteiger charge is 2.37. The summed E-state index contributed by atoms with van der Waals surface area (Å²) >= 11 is 0. The predicted octanol–water partition coefficient (Wildman–Crippen LogP) is 3.26. The van der Waals surface area contributed by atoms with Gasteiger partial charge in [0.15, 0.2) is 0 Å². The highest BCUT2D eigenvalue weighted by Crippen LogP contribution is 2.50. The van der Waals surface area contributed by atoms with Gasteiger partial charge in [0.1, 0.15) is 0 Å². The van der Waals surface area contributed by atoms with Gasteiger partial charge < -0.3 is 0 Å². The highest BCUT2D eigenvalue weighted by molar-refractivity contribution is 5.58. The molecule has 0 bridgehead atoms. The molecule has 0 spiro atoms. The molecule has 2 aliphatic carbocycles. The Labute approximate surface area is 103 Å². The fourth-order valence-corrected chi connectivity index (χ4v) is 2.37. The first-order valence-corrected chi connectivity index (χ1v) is 6.04. The average Bonchev–Trinajstić information content (AvgIpc) is 3.16. The summed E-state index contributed by atoms with van der Waals surface area (Å²) in [4.78, 5) is 21.3. The Morgan fingerprint density at radius 1 is 0.833 bits per heavy atom. The first-order valence-electron chi connectivity index (χ1n) is 6.04. The van der Waals surface area contributed by atoms with Gasteiger partial charge in [-0.15, -0.1) is 0 Å². The molecule has 1 aromatic carbocycles. The van der Waals surface area contributed by atoms with Gasteiger partial charge in [-0.3, -0.25) is 20.2 Å². The van der Waals surface area contributed by atoms with E-state index in [0.717, 1.165) is 25.7 Å². The first kappa shape index (κ1) is 11.1. The van der Waals surface area contributed by atoms with Crippen molar-refractivity contribution in [2.24, 2.45) is 0 Å². The lowest BCUT2D eigenvalue weighted by Gasteiger charge is -2.05. The SMILES string of the molecule is O=[N+]([O-])c1cc(C2CC2)c([N+](=O)[O-])cc1C1CC1. The maximum absolute atomic E-state index is 11.1. The summed E-state index contributed by atoms with van der Waals surface area (Å²) in [5.74, 6) is 0.273. The molecule has 0 radical (unpaired) electrons. The molecular formula is C12H12N2O4. The van der Waals surface area contributed by atoms with E-state index in [-0.39, 0.29) is 23.2 Å². The molecule has 6 nitrogen and oxygen atoms in total. The second-order valence-electron chi connectivity index (χ2n) is 5.03. The Morgan fingerprint density at radius 3 is 1.39 bits per heavy atom. The number of hydrogen-bond donors (Lipinski definition) is 0. The minimum absolute atomic E-state index is 0.0602. The van der Waals surface area contributed by atoms with Crippen LogP contribution in [-0.4, -0.2) is 9.85 Å².